The lowest BCUT2D eigenvalue weighted by molar-refractivity contribution is 0.310. The summed E-state index contributed by atoms with van der Waals surface area (Å²) in [6, 6.07) is 4.45. The van der Waals surface area contributed by atoms with Gasteiger partial charge in [-0.15, -0.1) is 0 Å². The molecule has 9 nitrogen and oxygen atoms in total. The van der Waals surface area contributed by atoms with Crippen molar-refractivity contribution in [2.45, 2.75) is 0 Å². The Hall–Kier alpha value is -3.75. The third-order valence-corrected chi connectivity index (χ3v) is 4.40. The number of benzene rings is 2. The fourth-order valence-corrected chi connectivity index (χ4v) is 3.09. The van der Waals surface area contributed by atoms with Crippen molar-refractivity contribution in [1.29, 1.82) is 0 Å². The van der Waals surface area contributed by atoms with Gasteiger partial charge in [0.15, 0.2) is 28.6 Å². The molecular formula is C20H20O9. The fourth-order valence-electron chi connectivity index (χ4n) is 3.09. The van der Waals surface area contributed by atoms with E-state index in [0.29, 0.717) is 5.56 Å². The molecule has 0 saturated heterocycles. The molecule has 0 aliphatic heterocycles. The number of methoxy groups -OCH3 is 5. The van der Waals surface area contributed by atoms with Crippen LogP contribution in [-0.4, -0.2) is 45.8 Å². The topological polar surface area (TPSA) is 117 Å². The lowest BCUT2D eigenvalue weighted by atomic mass is 10.1. The average molecular weight is 404 g/mol. The Balaban J connectivity index is 2.48. The number of fused-ring (bicyclic) bond motifs is 1. The predicted molar refractivity (Wildman–Crippen MR) is 104 cm³/mol. The van der Waals surface area contributed by atoms with Crippen molar-refractivity contribution in [2.75, 3.05) is 35.5 Å². The molecule has 2 N–H and O–H groups in total. The van der Waals surface area contributed by atoms with Crippen LogP contribution in [0.25, 0.3) is 22.3 Å². The van der Waals surface area contributed by atoms with Gasteiger partial charge in [-0.2, -0.15) is 0 Å². The molecule has 0 radical (unpaired) electrons. The summed E-state index contributed by atoms with van der Waals surface area (Å²) >= 11 is 0. The maximum Gasteiger partial charge on any atom is 0.239 e. The first-order valence-corrected chi connectivity index (χ1v) is 8.36. The van der Waals surface area contributed by atoms with Crippen LogP contribution in [0.2, 0.25) is 0 Å². The molecule has 0 fully saturated rings. The molecule has 0 spiro atoms. The third kappa shape index (κ3) is 3.00. The van der Waals surface area contributed by atoms with Crippen molar-refractivity contribution in [3.8, 4) is 51.6 Å². The Bertz CT molecular complexity index is 1130. The Labute approximate surface area is 165 Å². The van der Waals surface area contributed by atoms with Gasteiger partial charge in [-0.1, -0.05) is 0 Å². The van der Waals surface area contributed by atoms with Gasteiger partial charge in [0.1, 0.15) is 5.39 Å². The van der Waals surface area contributed by atoms with Crippen molar-refractivity contribution in [3.05, 3.63) is 28.4 Å². The summed E-state index contributed by atoms with van der Waals surface area (Å²) in [4.78, 5) is 13.1. The molecular weight excluding hydrogens is 384 g/mol. The van der Waals surface area contributed by atoms with E-state index in [2.05, 4.69) is 0 Å². The highest BCUT2D eigenvalue weighted by Gasteiger charge is 2.29. The summed E-state index contributed by atoms with van der Waals surface area (Å²) in [6.45, 7) is 0. The van der Waals surface area contributed by atoms with E-state index in [-0.39, 0.29) is 51.2 Å². The Morgan fingerprint density at radius 3 is 1.93 bits per heavy atom. The third-order valence-electron chi connectivity index (χ3n) is 4.40. The molecule has 3 aromatic rings. The van der Waals surface area contributed by atoms with Crippen LogP contribution < -0.4 is 29.1 Å². The zero-order valence-corrected chi connectivity index (χ0v) is 16.5. The summed E-state index contributed by atoms with van der Waals surface area (Å²) in [6.07, 6.45) is 0. The maximum atomic E-state index is 13.1. The number of aromatic hydroxyl groups is 2. The summed E-state index contributed by atoms with van der Waals surface area (Å²) in [5, 5.41) is 20.5. The molecule has 9 heteroatoms. The fraction of sp³-hybridized carbons (Fsp3) is 0.250. The summed E-state index contributed by atoms with van der Waals surface area (Å²) < 4.78 is 32.0. The predicted octanol–water partition coefficient (Wildman–Crippen LogP) is 2.91. The summed E-state index contributed by atoms with van der Waals surface area (Å²) in [5.74, 6) is -0.515. The summed E-state index contributed by atoms with van der Waals surface area (Å²) in [7, 11) is 6.74. The minimum atomic E-state index is -0.657. The van der Waals surface area contributed by atoms with E-state index in [1.807, 2.05) is 0 Å². The van der Waals surface area contributed by atoms with Crippen LogP contribution in [0.5, 0.6) is 40.2 Å². The van der Waals surface area contributed by atoms with Gasteiger partial charge in [0, 0.05) is 5.56 Å². The molecule has 0 amide bonds. The van der Waals surface area contributed by atoms with Crippen LogP contribution in [0.15, 0.2) is 27.4 Å². The molecule has 0 aliphatic rings. The van der Waals surface area contributed by atoms with E-state index in [1.165, 1.54) is 47.7 Å². The van der Waals surface area contributed by atoms with Crippen LogP contribution in [-0.2, 0) is 0 Å². The van der Waals surface area contributed by atoms with Crippen LogP contribution in [0.4, 0.5) is 0 Å². The van der Waals surface area contributed by atoms with Gasteiger partial charge in [-0.3, -0.25) is 4.79 Å². The second kappa shape index (κ2) is 7.70. The standard InChI is InChI=1S/C20H20O9/c1-24-11-7-6-9(8-10(11)21)15-17(25-2)13(22)12-14(23)18(26-3)20(28-5)19(27-4)16(12)29-15/h6-8,21,23H,1-5H3. The largest absolute Gasteiger partial charge is 0.504 e. The normalized spacial score (nSPS) is 10.7. The van der Waals surface area contributed by atoms with Gasteiger partial charge >= 0.3 is 0 Å². The summed E-state index contributed by atoms with van der Waals surface area (Å²) in [5.41, 5.74) is -0.384. The first-order valence-electron chi connectivity index (χ1n) is 8.36. The number of phenolic OH excluding ortho intramolecular Hbond substituents is 2. The number of hydrogen-bond donors (Lipinski definition) is 2. The van der Waals surface area contributed by atoms with Crippen molar-refractivity contribution in [3.63, 3.8) is 0 Å². The van der Waals surface area contributed by atoms with Crippen molar-refractivity contribution < 1.29 is 38.3 Å². The minimum absolute atomic E-state index is 0.0212. The molecule has 1 heterocycles. The second-order valence-corrected chi connectivity index (χ2v) is 5.83. The first-order chi connectivity index (χ1) is 13.9. The first kappa shape index (κ1) is 20.0. The molecule has 0 atom stereocenters. The highest BCUT2D eigenvalue weighted by Crippen LogP contribution is 2.51. The van der Waals surface area contributed by atoms with Gasteiger partial charge in [0.2, 0.25) is 28.4 Å². The van der Waals surface area contributed by atoms with Crippen molar-refractivity contribution >= 4 is 11.0 Å². The van der Waals surface area contributed by atoms with Crippen LogP contribution in [0.3, 0.4) is 0 Å². The molecule has 0 aliphatic carbocycles. The van der Waals surface area contributed by atoms with Gasteiger partial charge in [0.05, 0.1) is 35.5 Å². The van der Waals surface area contributed by atoms with Crippen LogP contribution in [0, 0.1) is 0 Å². The highest BCUT2D eigenvalue weighted by atomic mass is 16.5. The van der Waals surface area contributed by atoms with E-state index in [1.54, 1.807) is 6.07 Å². The molecule has 0 saturated carbocycles. The monoisotopic (exact) mass is 404 g/mol. The molecule has 3 rings (SSSR count). The van der Waals surface area contributed by atoms with Crippen molar-refractivity contribution in [2.24, 2.45) is 0 Å². The second-order valence-electron chi connectivity index (χ2n) is 5.83. The molecule has 0 unspecified atom stereocenters. The molecule has 154 valence electrons. The van der Waals surface area contributed by atoms with E-state index in [0.717, 1.165) is 0 Å². The zero-order chi connectivity index (χ0) is 21.3. The van der Waals surface area contributed by atoms with Crippen molar-refractivity contribution in [1.82, 2.24) is 0 Å². The Kier molecular flexibility index (Phi) is 5.31. The van der Waals surface area contributed by atoms with E-state index < -0.39 is 11.2 Å². The van der Waals surface area contributed by atoms with Crippen LogP contribution in [0.1, 0.15) is 0 Å². The smallest absolute Gasteiger partial charge is 0.239 e. The SMILES string of the molecule is COc1ccc(-c2oc3c(OC)c(OC)c(OC)c(O)c3c(=O)c2OC)cc1O. The Morgan fingerprint density at radius 2 is 1.41 bits per heavy atom. The van der Waals surface area contributed by atoms with Crippen LogP contribution >= 0.6 is 0 Å². The van der Waals surface area contributed by atoms with E-state index in [9.17, 15) is 15.0 Å². The average Bonchev–Trinajstić information content (AvgIpc) is 2.72. The lowest BCUT2D eigenvalue weighted by Crippen LogP contribution is -2.09. The lowest BCUT2D eigenvalue weighted by Gasteiger charge is -2.17. The maximum absolute atomic E-state index is 13.1. The molecule has 0 bridgehead atoms. The van der Waals surface area contributed by atoms with Gasteiger partial charge < -0.3 is 38.3 Å². The quantitative estimate of drug-likeness (QED) is 0.639. The zero-order valence-electron chi connectivity index (χ0n) is 16.5. The number of rotatable bonds is 6. The van der Waals surface area contributed by atoms with Gasteiger partial charge in [-0.05, 0) is 18.2 Å². The van der Waals surface area contributed by atoms with Gasteiger partial charge in [-0.25, -0.2) is 0 Å². The Morgan fingerprint density at radius 1 is 0.793 bits per heavy atom. The minimum Gasteiger partial charge on any atom is -0.504 e. The highest BCUT2D eigenvalue weighted by molar-refractivity contribution is 5.96. The molecule has 1 aromatic heterocycles. The van der Waals surface area contributed by atoms with E-state index in [4.69, 9.17) is 28.1 Å². The molecule has 29 heavy (non-hydrogen) atoms. The van der Waals surface area contributed by atoms with E-state index >= 15 is 0 Å². The van der Waals surface area contributed by atoms with Gasteiger partial charge in [0.25, 0.3) is 0 Å². The number of phenols is 2. The molecule has 2 aromatic carbocycles. The number of hydrogen-bond acceptors (Lipinski definition) is 9. The number of ether oxygens (including phenoxy) is 5.